The maximum absolute atomic E-state index is 12.5. The van der Waals surface area contributed by atoms with E-state index in [2.05, 4.69) is 10.2 Å². The van der Waals surface area contributed by atoms with Crippen LogP contribution in [0.15, 0.2) is 5.16 Å². The highest BCUT2D eigenvalue weighted by Gasteiger charge is 2.38. The molecule has 0 bridgehead atoms. The van der Waals surface area contributed by atoms with Crippen LogP contribution in [-0.4, -0.2) is 46.1 Å². The van der Waals surface area contributed by atoms with Crippen molar-refractivity contribution in [2.24, 2.45) is 7.05 Å². The van der Waals surface area contributed by atoms with E-state index in [0.29, 0.717) is 24.0 Å². The first kappa shape index (κ1) is 15.6. The van der Waals surface area contributed by atoms with E-state index in [4.69, 9.17) is 0 Å². The molecule has 1 aliphatic rings. The fourth-order valence-electron chi connectivity index (χ4n) is 2.01. The molecule has 114 valence electrons. The molecule has 0 amide bonds. The standard InChI is InChI=1S/C10H14F3N3O2S2/c1-6(10(11,12)13)19-9-15-14-8(16(9)2)7-3-4-20(17,18)5-7/h6-7H,3-5H2,1-2H3. The molecule has 2 rings (SSSR count). The lowest BCUT2D eigenvalue weighted by molar-refractivity contribution is -0.125. The van der Waals surface area contributed by atoms with Crippen LogP contribution in [0.25, 0.3) is 0 Å². The first-order valence-corrected chi connectivity index (χ1v) is 8.63. The SMILES string of the molecule is CC(Sc1nnc(C2CCS(=O)(=O)C2)n1C)C(F)(F)F. The Morgan fingerprint density at radius 1 is 1.40 bits per heavy atom. The Bertz CT molecular complexity index is 597. The van der Waals surface area contributed by atoms with Gasteiger partial charge in [0.25, 0.3) is 0 Å². The predicted octanol–water partition coefficient (Wildman–Crippen LogP) is 1.76. The number of thioether (sulfide) groups is 1. The summed E-state index contributed by atoms with van der Waals surface area (Å²) in [5.74, 6) is 0.223. The van der Waals surface area contributed by atoms with Gasteiger partial charge in [-0.15, -0.1) is 10.2 Å². The summed E-state index contributed by atoms with van der Waals surface area (Å²) in [7, 11) is -1.50. The molecule has 0 aromatic carbocycles. The Kier molecular flexibility index (Phi) is 4.07. The van der Waals surface area contributed by atoms with E-state index < -0.39 is 21.3 Å². The summed E-state index contributed by atoms with van der Waals surface area (Å²) < 4.78 is 61.9. The lowest BCUT2D eigenvalue weighted by Crippen LogP contribution is -2.22. The highest BCUT2D eigenvalue weighted by molar-refractivity contribution is 7.99. The molecule has 10 heteroatoms. The number of hydrogen-bond acceptors (Lipinski definition) is 5. The zero-order valence-electron chi connectivity index (χ0n) is 10.9. The van der Waals surface area contributed by atoms with E-state index >= 15 is 0 Å². The molecule has 0 saturated carbocycles. The highest BCUT2D eigenvalue weighted by Crippen LogP contribution is 2.35. The molecule has 1 aromatic heterocycles. The maximum atomic E-state index is 12.5. The molecule has 1 fully saturated rings. The first-order valence-electron chi connectivity index (χ1n) is 5.93. The Hall–Kier alpha value is -0.770. The van der Waals surface area contributed by atoms with Gasteiger partial charge >= 0.3 is 6.18 Å². The van der Waals surface area contributed by atoms with Gasteiger partial charge in [0, 0.05) is 13.0 Å². The Morgan fingerprint density at radius 2 is 2.05 bits per heavy atom. The number of nitrogens with zero attached hydrogens (tertiary/aromatic N) is 3. The van der Waals surface area contributed by atoms with E-state index in [1.165, 1.54) is 4.57 Å². The van der Waals surface area contributed by atoms with Gasteiger partial charge in [0.1, 0.15) is 11.1 Å². The number of sulfone groups is 1. The minimum Gasteiger partial charge on any atom is -0.309 e. The van der Waals surface area contributed by atoms with Crippen LogP contribution in [0.3, 0.4) is 0 Å². The smallest absolute Gasteiger partial charge is 0.309 e. The molecule has 0 N–H and O–H groups in total. The predicted molar refractivity (Wildman–Crippen MR) is 68.4 cm³/mol. The van der Waals surface area contributed by atoms with Crippen molar-refractivity contribution in [1.82, 2.24) is 14.8 Å². The molecule has 1 aromatic rings. The van der Waals surface area contributed by atoms with Gasteiger partial charge in [0.05, 0.1) is 11.5 Å². The van der Waals surface area contributed by atoms with Crippen LogP contribution in [0.1, 0.15) is 25.1 Å². The number of aromatic nitrogens is 3. The molecular weight excluding hydrogens is 315 g/mol. The van der Waals surface area contributed by atoms with Gasteiger partial charge in [-0.1, -0.05) is 11.8 Å². The molecule has 2 atom stereocenters. The van der Waals surface area contributed by atoms with Crippen LogP contribution >= 0.6 is 11.8 Å². The van der Waals surface area contributed by atoms with Crippen LogP contribution in [0, 0.1) is 0 Å². The molecule has 5 nitrogen and oxygen atoms in total. The Morgan fingerprint density at radius 3 is 2.55 bits per heavy atom. The number of hydrogen-bond donors (Lipinski definition) is 0. The van der Waals surface area contributed by atoms with Gasteiger partial charge in [-0.05, 0) is 13.3 Å². The fourth-order valence-corrected chi connectivity index (χ4v) is 4.54. The second kappa shape index (κ2) is 5.21. The third-order valence-electron chi connectivity index (χ3n) is 3.21. The molecule has 0 spiro atoms. The van der Waals surface area contributed by atoms with Crippen LogP contribution in [0.5, 0.6) is 0 Å². The molecule has 20 heavy (non-hydrogen) atoms. The van der Waals surface area contributed by atoms with Crippen LogP contribution in [0.2, 0.25) is 0 Å². The average molecular weight is 329 g/mol. The quantitative estimate of drug-likeness (QED) is 0.791. The second-order valence-electron chi connectivity index (χ2n) is 4.80. The number of rotatable bonds is 3. The lowest BCUT2D eigenvalue weighted by Gasteiger charge is -2.14. The summed E-state index contributed by atoms with van der Waals surface area (Å²) in [5, 5.41) is 6.16. The van der Waals surface area contributed by atoms with Crippen LogP contribution in [0.4, 0.5) is 13.2 Å². The van der Waals surface area contributed by atoms with Gasteiger partial charge in [-0.25, -0.2) is 8.42 Å². The van der Waals surface area contributed by atoms with E-state index in [-0.39, 0.29) is 22.6 Å². The van der Waals surface area contributed by atoms with Crippen molar-refractivity contribution in [3.8, 4) is 0 Å². The summed E-state index contributed by atoms with van der Waals surface area (Å²) in [6, 6.07) is 0. The van der Waals surface area contributed by atoms with E-state index in [1.54, 1.807) is 7.05 Å². The molecule has 2 heterocycles. The highest BCUT2D eigenvalue weighted by atomic mass is 32.2. The van der Waals surface area contributed by atoms with Gasteiger partial charge in [0.2, 0.25) is 0 Å². The van der Waals surface area contributed by atoms with E-state index in [0.717, 1.165) is 6.92 Å². The molecule has 0 radical (unpaired) electrons. The van der Waals surface area contributed by atoms with Crippen molar-refractivity contribution in [2.75, 3.05) is 11.5 Å². The van der Waals surface area contributed by atoms with Crippen molar-refractivity contribution in [1.29, 1.82) is 0 Å². The monoisotopic (exact) mass is 329 g/mol. The van der Waals surface area contributed by atoms with E-state index in [9.17, 15) is 21.6 Å². The van der Waals surface area contributed by atoms with Crippen LogP contribution < -0.4 is 0 Å². The molecular formula is C10H14F3N3O2S2. The Balaban J connectivity index is 2.16. The van der Waals surface area contributed by atoms with Gasteiger partial charge < -0.3 is 4.57 Å². The third-order valence-corrected chi connectivity index (χ3v) is 6.16. The van der Waals surface area contributed by atoms with Gasteiger partial charge in [-0.3, -0.25) is 0 Å². The third kappa shape index (κ3) is 3.27. The second-order valence-corrected chi connectivity index (χ2v) is 8.34. The zero-order chi connectivity index (χ0) is 15.1. The molecule has 0 aliphatic carbocycles. The summed E-state index contributed by atoms with van der Waals surface area (Å²) >= 11 is 0.572. The average Bonchev–Trinajstić information content (AvgIpc) is 2.82. The summed E-state index contributed by atoms with van der Waals surface area (Å²) in [6.45, 7) is 1.05. The van der Waals surface area contributed by atoms with Gasteiger partial charge in [-0.2, -0.15) is 13.2 Å². The van der Waals surface area contributed by atoms with Crippen molar-refractivity contribution in [3.63, 3.8) is 0 Å². The van der Waals surface area contributed by atoms with Crippen molar-refractivity contribution in [2.45, 2.75) is 35.8 Å². The summed E-state index contributed by atoms with van der Waals surface area (Å²) in [5.41, 5.74) is 0. The van der Waals surface area contributed by atoms with E-state index in [1.807, 2.05) is 0 Å². The van der Waals surface area contributed by atoms with Crippen molar-refractivity contribution >= 4 is 21.6 Å². The van der Waals surface area contributed by atoms with Gasteiger partial charge in [0.15, 0.2) is 15.0 Å². The summed E-state index contributed by atoms with van der Waals surface area (Å²) in [4.78, 5) is 0. The Labute approximate surface area is 118 Å². The van der Waals surface area contributed by atoms with Crippen molar-refractivity contribution in [3.05, 3.63) is 5.82 Å². The lowest BCUT2D eigenvalue weighted by atomic mass is 10.1. The minimum absolute atomic E-state index is 0.0154. The fraction of sp³-hybridized carbons (Fsp3) is 0.800. The topological polar surface area (TPSA) is 64.8 Å². The molecule has 2 unspecified atom stereocenters. The minimum atomic E-state index is -4.31. The molecule has 1 saturated heterocycles. The van der Waals surface area contributed by atoms with Crippen molar-refractivity contribution < 1.29 is 21.6 Å². The maximum Gasteiger partial charge on any atom is 0.400 e. The molecule has 1 aliphatic heterocycles. The first-order chi connectivity index (χ1) is 9.10. The summed E-state index contributed by atoms with van der Waals surface area (Å²) in [6.07, 6.45) is -3.87. The zero-order valence-corrected chi connectivity index (χ0v) is 12.5. The van der Waals surface area contributed by atoms with Crippen LogP contribution in [-0.2, 0) is 16.9 Å². The normalized spacial score (nSPS) is 23.9. The number of alkyl halides is 3. The largest absolute Gasteiger partial charge is 0.400 e. The number of halogens is 3.